The van der Waals surface area contributed by atoms with Gasteiger partial charge in [0.1, 0.15) is 0 Å². The van der Waals surface area contributed by atoms with Gasteiger partial charge in [-0.15, -0.1) is 0 Å². The quantitative estimate of drug-likeness (QED) is 0.346. The van der Waals surface area contributed by atoms with Crippen LogP contribution in [0.1, 0.15) is 17.0 Å². The van der Waals surface area contributed by atoms with Gasteiger partial charge < -0.3 is 14.7 Å². The van der Waals surface area contributed by atoms with Crippen LogP contribution >= 0.6 is 7.82 Å². The molecule has 22 heavy (non-hydrogen) atoms. The predicted octanol–water partition coefficient (Wildman–Crippen LogP) is 3.20. The number of azide groups is 1. The Labute approximate surface area is 127 Å². The van der Waals surface area contributed by atoms with E-state index in [9.17, 15) is 0 Å². The van der Waals surface area contributed by atoms with Crippen molar-refractivity contribution in [2.24, 2.45) is 5.11 Å². The maximum atomic E-state index is 8.88. The fraction of sp³-hybridized carbons (Fsp3) is 0.143. The van der Waals surface area contributed by atoms with E-state index in [1.165, 1.54) is 11.1 Å². The van der Waals surface area contributed by atoms with Crippen molar-refractivity contribution in [1.29, 1.82) is 0 Å². The van der Waals surface area contributed by atoms with E-state index >= 15 is 0 Å². The predicted molar refractivity (Wildman–Crippen MR) is 83.0 cm³/mol. The molecule has 3 N–H and O–H groups in total. The molecule has 0 aliphatic heterocycles. The van der Waals surface area contributed by atoms with E-state index in [0.29, 0.717) is 6.54 Å². The number of hydrogen-bond donors (Lipinski definition) is 3. The topological polar surface area (TPSA) is 127 Å². The molecule has 0 bridgehead atoms. The van der Waals surface area contributed by atoms with Gasteiger partial charge in [-0.1, -0.05) is 65.8 Å². The highest BCUT2D eigenvalue weighted by molar-refractivity contribution is 7.45. The highest BCUT2D eigenvalue weighted by atomic mass is 31.2. The third-order valence-corrected chi connectivity index (χ3v) is 2.73. The molecule has 7 nitrogen and oxygen atoms in total. The zero-order valence-electron chi connectivity index (χ0n) is 11.6. The fourth-order valence-electron chi connectivity index (χ4n) is 1.89. The van der Waals surface area contributed by atoms with Gasteiger partial charge in [0, 0.05) is 17.4 Å². The molecular formula is C14H16N3O4P. The molecule has 8 heteroatoms. The molecule has 0 spiro atoms. The Morgan fingerprint density at radius 1 is 0.955 bits per heavy atom. The van der Waals surface area contributed by atoms with Crippen LogP contribution in [0, 0.1) is 0 Å². The van der Waals surface area contributed by atoms with Crippen LogP contribution in [0.3, 0.4) is 0 Å². The molecular weight excluding hydrogens is 305 g/mol. The summed E-state index contributed by atoms with van der Waals surface area (Å²) >= 11 is 0. The molecule has 0 atom stereocenters. The fourth-order valence-corrected chi connectivity index (χ4v) is 1.89. The maximum Gasteiger partial charge on any atom is 0.466 e. The first-order chi connectivity index (χ1) is 10.4. The Morgan fingerprint density at radius 2 is 1.32 bits per heavy atom. The summed E-state index contributed by atoms with van der Waals surface area (Å²) < 4.78 is 8.88. The van der Waals surface area contributed by atoms with Gasteiger partial charge >= 0.3 is 7.82 Å². The van der Waals surface area contributed by atoms with Gasteiger partial charge in [-0.25, -0.2) is 4.57 Å². The Balaban J connectivity index is 0.000000422. The standard InChI is InChI=1S/C14H13N3.H3O4P/c15-17-16-11-14(12-7-3-1-4-8-12)13-9-5-2-6-10-13;1-5(2,3)4/h1-10,14H,11H2;(H3,1,2,3,4). The largest absolute Gasteiger partial charge is 0.466 e. The third kappa shape index (κ3) is 7.59. The van der Waals surface area contributed by atoms with Crippen LogP contribution in [-0.4, -0.2) is 21.2 Å². The van der Waals surface area contributed by atoms with Gasteiger partial charge in [0.05, 0.1) is 0 Å². The summed E-state index contributed by atoms with van der Waals surface area (Å²) in [7, 11) is -4.64. The molecule has 0 saturated carbocycles. The van der Waals surface area contributed by atoms with Gasteiger partial charge in [0.15, 0.2) is 0 Å². The summed E-state index contributed by atoms with van der Waals surface area (Å²) in [6, 6.07) is 20.2. The first-order valence-corrected chi connectivity index (χ1v) is 7.87. The minimum Gasteiger partial charge on any atom is -0.303 e. The number of phosphoric acid groups is 1. The molecule has 0 aromatic heterocycles. The second-order valence-corrected chi connectivity index (χ2v) is 5.33. The average Bonchev–Trinajstić information content (AvgIpc) is 2.48. The minimum atomic E-state index is -4.64. The van der Waals surface area contributed by atoms with Gasteiger partial charge in [0.2, 0.25) is 0 Å². The summed E-state index contributed by atoms with van der Waals surface area (Å²) in [5, 5.41) is 3.71. The lowest BCUT2D eigenvalue weighted by atomic mass is 9.91. The zero-order chi connectivity index (χ0) is 16.4. The van der Waals surface area contributed by atoms with E-state index in [1.807, 2.05) is 36.4 Å². The molecule has 0 saturated heterocycles. The number of hydrogen-bond acceptors (Lipinski definition) is 2. The van der Waals surface area contributed by atoms with Gasteiger partial charge in [0.25, 0.3) is 0 Å². The first kappa shape index (κ1) is 17.9. The van der Waals surface area contributed by atoms with Gasteiger partial charge in [-0.05, 0) is 16.7 Å². The Hall–Kier alpha value is -2.14. The summed E-state index contributed by atoms with van der Waals surface area (Å²) in [5.41, 5.74) is 10.8. The van der Waals surface area contributed by atoms with Crippen LogP contribution in [0.15, 0.2) is 65.8 Å². The molecule has 116 valence electrons. The molecule has 0 heterocycles. The van der Waals surface area contributed by atoms with E-state index < -0.39 is 7.82 Å². The minimum absolute atomic E-state index is 0.133. The molecule has 2 rings (SSSR count). The average molecular weight is 321 g/mol. The van der Waals surface area contributed by atoms with Gasteiger partial charge in [-0.2, -0.15) is 0 Å². The number of benzene rings is 2. The van der Waals surface area contributed by atoms with E-state index in [1.54, 1.807) is 0 Å². The molecule has 0 aliphatic carbocycles. The highest BCUT2D eigenvalue weighted by Gasteiger charge is 2.12. The summed E-state index contributed by atoms with van der Waals surface area (Å²) in [6.07, 6.45) is 0. The molecule has 0 radical (unpaired) electrons. The smallest absolute Gasteiger partial charge is 0.303 e. The number of rotatable bonds is 4. The van der Waals surface area contributed by atoms with E-state index in [-0.39, 0.29) is 5.92 Å². The van der Waals surface area contributed by atoms with Crippen molar-refractivity contribution in [1.82, 2.24) is 0 Å². The lowest BCUT2D eigenvalue weighted by molar-refractivity contribution is 0.275. The highest BCUT2D eigenvalue weighted by Crippen LogP contribution is 2.26. The monoisotopic (exact) mass is 321 g/mol. The normalized spacial score (nSPS) is 10.4. The van der Waals surface area contributed by atoms with E-state index in [0.717, 1.165) is 0 Å². The van der Waals surface area contributed by atoms with Crippen LogP contribution < -0.4 is 0 Å². The molecule has 2 aromatic carbocycles. The summed E-state index contributed by atoms with van der Waals surface area (Å²) in [6.45, 7) is 0.449. The molecule has 0 aliphatic rings. The van der Waals surface area contributed by atoms with Crippen LogP contribution in [0.5, 0.6) is 0 Å². The lowest BCUT2D eigenvalue weighted by Gasteiger charge is -2.15. The Kier molecular flexibility index (Phi) is 7.32. The SMILES string of the molecule is O=P(O)(O)O.[N-]=[N+]=NCC(c1ccccc1)c1ccccc1. The number of nitrogens with zero attached hydrogens (tertiary/aromatic N) is 3. The second-order valence-electron chi connectivity index (χ2n) is 4.30. The van der Waals surface area contributed by atoms with Crippen molar-refractivity contribution in [2.75, 3.05) is 6.54 Å². The Morgan fingerprint density at radius 3 is 1.64 bits per heavy atom. The van der Waals surface area contributed by atoms with Crippen molar-refractivity contribution in [3.8, 4) is 0 Å². The third-order valence-electron chi connectivity index (χ3n) is 2.73. The zero-order valence-corrected chi connectivity index (χ0v) is 12.5. The second kappa shape index (κ2) is 9.00. The van der Waals surface area contributed by atoms with Crippen molar-refractivity contribution < 1.29 is 19.2 Å². The van der Waals surface area contributed by atoms with Crippen LogP contribution in [-0.2, 0) is 4.57 Å². The van der Waals surface area contributed by atoms with Crippen molar-refractivity contribution in [2.45, 2.75) is 5.92 Å². The van der Waals surface area contributed by atoms with Crippen LogP contribution in [0.2, 0.25) is 0 Å². The lowest BCUT2D eigenvalue weighted by Crippen LogP contribution is -2.04. The molecule has 0 fully saturated rings. The van der Waals surface area contributed by atoms with Gasteiger partial charge in [-0.3, -0.25) is 0 Å². The summed E-state index contributed by atoms with van der Waals surface area (Å²) in [5.74, 6) is 0.133. The van der Waals surface area contributed by atoms with Crippen LogP contribution in [0.25, 0.3) is 10.4 Å². The summed E-state index contributed by atoms with van der Waals surface area (Å²) in [4.78, 5) is 24.4. The van der Waals surface area contributed by atoms with Crippen molar-refractivity contribution >= 4 is 7.82 Å². The van der Waals surface area contributed by atoms with Crippen LogP contribution in [0.4, 0.5) is 0 Å². The van der Waals surface area contributed by atoms with Crippen molar-refractivity contribution in [3.05, 3.63) is 82.2 Å². The first-order valence-electron chi connectivity index (χ1n) is 6.31. The molecule has 0 amide bonds. The molecule has 2 aromatic rings. The molecule has 0 unspecified atom stereocenters. The maximum absolute atomic E-state index is 8.88. The van der Waals surface area contributed by atoms with E-state index in [2.05, 4.69) is 34.3 Å². The van der Waals surface area contributed by atoms with Crippen molar-refractivity contribution in [3.63, 3.8) is 0 Å². The Bertz CT molecular complexity index is 607. The van der Waals surface area contributed by atoms with E-state index in [4.69, 9.17) is 24.8 Å².